The summed E-state index contributed by atoms with van der Waals surface area (Å²) in [6, 6.07) is -0.0213. The van der Waals surface area contributed by atoms with Crippen molar-refractivity contribution in [3.8, 4) is 0 Å². The Morgan fingerprint density at radius 2 is 1.59 bits per heavy atom. The van der Waals surface area contributed by atoms with Gasteiger partial charge in [-0.1, -0.05) is 0 Å². The quantitative estimate of drug-likeness (QED) is 0.412. The van der Waals surface area contributed by atoms with E-state index < -0.39 is 69.4 Å². The summed E-state index contributed by atoms with van der Waals surface area (Å²) >= 11 is 0. The molecule has 0 spiro atoms. The summed E-state index contributed by atoms with van der Waals surface area (Å²) in [5.41, 5.74) is 4.99. The molecule has 1 aromatic heterocycles. The van der Waals surface area contributed by atoms with Crippen molar-refractivity contribution in [2.45, 2.75) is 38.1 Å². The number of benzene rings is 1. The molecule has 0 radical (unpaired) electrons. The first kappa shape index (κ1) is 30.7. The van der Waals surface area contributed by atoms with Crippen molar-refractivity contribution in [2.75, 3.05) is 31.1 Å². The molecule has 216 valence electrons. The molecule has 0 bridgehead atoms. The lowest BCUT2D eigenvalue weighted by Gasteiger charge is -2.31. The molecule has 9 nitrogen and oxygen atoms in total. The summed E-state index contributed by atoms with van der Waals surface area (Å²) in [7, 11) is -3.36. The van der Waals surface area contributed by atoms with Gasteiger partial charge in [-0.25, -0.2) is 26.6 Å². The third kappa shape index (κ3) is 6.66. The molecule has 2 N–H and O–H groups in total. The molecule has 1 atom stereocenters. The molecule has 0 saturated carbocycles. The van der Waals surface area contributed by atoms with Crippen LogP contribution in [0.25, 0.3) is 0 Å². The van der Waals surface area contributed by atoms with Crippen LogP contribution >= 0.6 is 12.4 Å². The Morgan fingerprint density at radius 1 is 0.974 bits per heavy atom. The van der Waals surface area contributed by atoms with E-state index in [1.165, 1.54) is 4.90 Å². The summed E-state index contributed by atoms with van der Waals surface area (Å²) in [6.07, 6.45) is -5.58. The number of imidazole rings is 1. The fourth-order valence-corrected chi connectivity index (χ4v) is 5.66. The molecule has 3 heterocycles. The van der Waals surface area contributed by atoms with Crippen LogP contribution in [0.15, 0.2) is 12.1 Å². The highest BCUT2D eigenvalue weighted by Gasteiger charge is 2.42. The van der Waals surface area contributed by atoms with E-state index >= 15 is 0 Å². The minimum atomic E-state index is -4.89. The number of nitrogens with two attached hydrogens (primary N) is 1. The lowest BCUT2D eigenvalue weighted by Crippen LogP contribution is -2.45. The zero-order chi connectivity index (χ0) is 28.0. The van der Waals surface area contributed by atoms with E-state index in [0.29, 0.717) is 12.1 Å². The van der Waals surface area contributed by atoms with E-state index in [2.05, 4.69) is 4.98 Å². The van der Waals surface area contributed by atoms with E-state index in [1.54, 1.807) is 0 Å². The predicted molar refractivity (Wildman–Crippen MR) is 127 cm³/mol. The monoisotopic (exact) mass is 603 g/mol. The largest absolute Gasteiger partial charge is 0.449 e. The fraction of sp³-hybridized carbons (Fsp3) is 0.500. The van der Waals surface area contributed by atoms with Gasteiger partial charge in [0.2, 0.25) is 11.7 Å². The number of aromatic nitrogens is 2. The van der Waals surface area contributed by atoms with Gasteiger partial charge in [0.15, 0.2) is 27.2 Å². The smallest absolute Gasteiger partial charge is 0.335 e. The average molecular weight is 604 g/mol. The van der Waals surface area contributed by atoms with Crippen LogP contribution in [0, 0.1) is 17.5 Å². The van der Waals surface area contributed by atoms with Crippen molar-refractivity contribution in [1.29, 1.82) is 0 Å². The van der Waals surface area contributed by atoms with E-state index in [9.17, 15) is 44.3 Å². The maximum Gasteiger partial charge on any atom is 0.449 e. The Kier molecular flexibility index (Phi) is 8.92. The van der Waals surface area contributed by atoms with Crippen LogP contribution in [0.1, 0.15) is 34.0 Å². The van der Waals surface area contributed by atoms with Crippen LogP contribution in [-0.2, 0) is 40.3 Å². The number of hydrogen-bond donors (Lipinski definition) is 1. The third-order valence-electron chi connectivity index (χ3n) is 6.46. The van der Waals surface area contributed by atoms with Gasteiger partial charge in [0.1, 0.15) is 5.82 Å². The SMILES string of the molecule is Cl.N[C@@H](CC(=O)N1CCn2c(C(F)(F)F)nc(C(=O)N3CCS(=O)(=O)CC3)c2C1)Cc1cc(F)c(F)cc1F. The second-order valence-corrected chi connectivity index (χ2v) is 11.5. The van der Waals surface area contributed by atoms with Crippen LogP contribution in [0.2, 0.25) is 0 Å². The Labute approximate surface area is 225 Å². The Hall–Kier alpha value is -2.85. The van der Waals surface area contributed by atoms with Crippen LogP contribution in [0.4, 0.5) is 26.3 Å². The number of halogens is 7. The van der Waals surface area contributed by atoms with E-state index in [-0.39, 0.29) is 74.2 Å². The molecule has 17 heteroatoms. The molecule has 4 rings (SSSR count). The molecule has 2 amide bonds. The molecule has 1 saturated heterocycles. The van der Waals surface area contributed by atoms with Crippen molar-refractivity contribution >= 4 is 34.1 Å². The van der Waals surface area contributed by atoms with Crippen LogP contribution in [0.3, 0.4) is 0 Å². The van der Waals surface area contributed by atoms with Crippen molar-refractivity contribution in [3.63, 3.8) is 0 Å². The standard InChI is InChI=1S/C22H23F6N5O4S.ClH/c23-14-10-16(25)15(24)8-12(14)7-13(29)9-18(34)32-1-2-33-17(11-32)19(30-21(33)22(26,27)28)20(35)31-3-5-38(36,37)6-4-31;/h8,10,13H,1-7,9,11,29H2;1H/t13-;/m1./s1. The first-order chi connectivity index (χ1) is 17.7. The van der Waals surface area contributed by atoms with Gasteiger partial charge < -0.3 is 20.1 Å². The second-order valence-electron chi connectivity index (χ2n) is 9.17. The van der Waals surface area contributed by atoms with E-state index in [1.807, 2.05) is 0 Å². The number of nitrogens with zero attached hydrogens (tertiary/aromatic N) is 4. The Morgan fingerprint density at radius 3 is 2.21 bits per heavy atom. The van der Waals surface area contributed by atoms with Crippen molar-refractivity contribution in [1.82, 2.24) is 19.4 Å². The van der Waals surface area contributed by atoms with Gasteiger partial charge in [0.05, 0.1) is 23.7 Å². The minimum absolute atomic E-state index is 0. The van der Waals surface area contributed by atoms with Gasteiger partial charge in [-0.3, -0.25) is 9.59 Å². The maximum absolute atomic E-state index is 13.9. The molecule has 2 aliphatic heterocycles. The van der Waals surface area contributed by atoms with E-state index in [4.69, 9.17) is 5.73 Å². The van der Waals surface area contributed by atoms with Gasteiger partial charge in [0.25, 0.3) is 5.91 Å². The zero-order valence-corrected chi connectivity index (χ0v) is 21.8. The molecule has 39 heavy (non-hydrogen) atoms. The van der Waals surface area contributed by atoms with Gasteiger partial charge >= 0.3 is 6.18 Å². The summed E-state index contributed by atoms with van der Waals surface area (Å²) in [5, 5.41) is 0. The lowest BCUT2D eigenvalue weighted by atomic mass is 10.0. The van der Waals surface area contributed by atoms with Crippen LogP contribution in [-0.4, -0.2) is 76.8 Å². The molecular formula is C22H24ClF6N5O4S. The summed E-state index contributed by atoms with van der Waals surface area (Å²) in [6.45, 7) is -1.29. The first-order valence-corrected chi connectivity index (χ1v) is 13.3. The van der Waals surface area contributed by atoms with Crippen molar-refractivity contribution in [2.24, 2.45) is 5.73 Å². The number of fused-ring (bicyclic) bond motifs is 1. The first-order valence-electron chi connectivity index (χ1n) is 11.5. The number of rotatable bonds is 5. The molecule has 1 fully saturated rings. The number of hydrogen-bond acceptors (Lipinski definition) is 6. The number of amides is 2. The Balaban J connectivity index is 0.00000420. The highest BCUT2D eigenvalue weighted by atomic mass is 35.5. The van der Waals surface area contributed by atoms with Crippen LogP contribution < -0.4 is 5.73 Å². The molecule has 1 aromatic carbocycles. The summed E-state index contributed by atoms with van der Waals surface area (Å²) in [4.78, 5) is 31.7. The second kappa shape index (κ2) is 11.3. The van der Waals surface area contributed by atoms with Crippen molar-refractivity contribution < 1.29 is 44.3 Å². The molecule has 0 unspecified atom stereocenters. The summed E-state index contributed by atoms with van der Waals surface area (Å²) in [5.74, 6) is -7.16. The van der Waals surface area contributed by atoms with E-state index in [0.717, 1.165) is 9.47 Å². The van der Waals surface area contributed by atoms with Gasteiger partial charge in [0, 0.05) is 44.7 Å². The predicted octanol–water partition coefficient (Wildman–Crippen LogP) is 1.91. The average Bonchev–Trinajstić information content (AvgIpc) is 3.21. The zero-order valence-electron chi connectivity index (χ0n) is 20.2. The van der Waals surface area contributed by atoms with Gasteiger partial charge in [-0.2, -0.15) is 13.2 Å². The number of carbonyl (C=O) groups excluding carboxylic acids is 2. The summed E-state index contributed by atoms with van der Waals surface area (Å²) < 4.78 is 106. The normalized spacial score (nSPS) is 17.8. The van der Waals surface area contributed by atoms with Crippen molar-refractivity contribution in [3.05, 3.63) is 52.4 Å². The topological polar surface area (TPSA) is 119 Å². The highest BCUT2D eigenvalue weighted by Crippen LogP contribution is 2.33. The van der Waals surface area contributed by atoms with Gasteiger partial charge in [-0.05, 0) is 18.1 Å². The number of alkyl halides is 3. The molecule has 0 aliphatic carbocycles. The molecule has 2 aliphatic rings. The third-order valence-corrected chi connectivity index (χ3v) is 8.06. The maximum atomic E-state index is 13.9. The molecular weight excluding hydrogens is 580 g/mol. The minimum Gasteiger partial charge on any atom is -0.335 e. The number of carbonyl (C=O) groups is 2. The number of sulfone groups is 1. The van der Waals surface area contributed by atoms with Crippen LogP contribution in [0.5, 0.6) is 0 Å². The van der Waals surface area contributed by atoms with Gasteiger partial charge in [-0.15, -0.1) is 12.4 Å². The Bertz CT molecular complexity index is 1370. The lowest BCUT2D eigenvalue weighted by molar-refractivity contribution is -0.148. The highest BCUT2D eigenvalue weighted by molar-refractivity contribution is 7.91. The molecule has 2 aromatic rings. The fourth-order valence-electron chi connectivity index (χ4n) is 4.46.